The van der Waals surface area contributed by atoms with E-state index in [1.807, 2.05) is 6.07 Å². The largest absolute Gasteiger partial charge is 0.310 e. The third-order valence-corrected chi connectivity index (χ3v) is 4.79. The van der Waals surface area contributed by atoms with Crippen LogP contribution in [0.2, 0.25) is 5.02 Å². The summed E-state index contributed by atoms with van der Waals surface area (Å²) >= 11 is 7.97. The second kappa shape index (κ2) is 7.35. The van der Waals surface area contributed by atoms with E-state index in [2.05, 4.69) is 63.3 Å². The van der Waals surface area contributed by atoms with Gasteiger partial charge in [0.1, 0.15) is 0 Å². The molecule has 0 spiro atoms. The molecule has 0 aromatic heterocycles. The van der Waals surface area contributed by atoms with Crippen LogP contribution >= 0.6 is 23.4 Å². The molecule has 1 nitrogen and oxygen atoms in total. The zero-order valence-corrected chi connectivity index (χ0v) is 14.6. The van der Waals surface area contributed by atoms with Crippen LogP contribution in [-0.2, 0) is 6.54 Å². The highest BCUT2D eigenvalue weighted by atomic mass is 35.5. The van der Waals surface area contributed by atoms with Gasteiger partial charge in [-0.25, -0.2) is 0 Å². The Bertz CT molecular complexity index is 623. The number of hydrogen-bond donors (Lipinski definition) is 1. The Morgan fingerprint density at radius 2 is 1.81 bits per heavy atom. The molecule has 0 saturated heterocycles. The van der Waals surface area contributed by atoms with Crippen LogP contribution in [0.1, 0.15) is 30.5 Å². The standard InChI is InChI=1S/C18H22ClNS/c1-12(2)20-11-15-6-7-16(19)10-18(15)21-17-8-5-13(3)9-14(17)4/h5-10,12,20H,11H2,1-4H3. The molecular formula is C18H22ClNS. The average molecular weight is 320 g/mol. The van der Waals surface area contributed by atoms with Crippen molar-refractivity contribution in [3.05, 3.63) is 58.1 Å². The maximum absolute atomic E-state index is 6.18. The van der Waals surface area contributed by atoms with Crippen molar-refractivity contribution in [2.24, 2.45) is 0 Å². The van der Waals surface area contributed by atoms with Crippen LogP contribution in [0.4, 0.5) is 0 Å². The van der Waals surface area contributed by atoms with E-state index in [4.69, 9.17) is 11.6 Å². The molecule has 3 heteroatoms. The Hall–Kier alpha value is -0.960. The molecule has 0 heterocycles. The molecule has 0 saturated carbocycles. The number of aryl methyl sites for hydroxylation is 2. The topological polar surface area (TPSA) is 12.0 Å². The number of hydrogen-bond acceptors (Lipinski definition) is 2. The summed E-state index contributed by atoms with van der Waals surface area (Å²) in [4.78, 5) is 2.51. The van der Waals surface area contributed by atoms with Gasteiger partial charge in [-0.15, -0.1) is 0 Å². The van der Waals surface area contributed by atoms with Crippen LogP contribution < -0.4 is 5.32 Å². The summed E-state index contributed by atoms with van der Waals surface area (Å²) in [5.74, 6) is 0. The normalized spacial score (nSPS) is 11.1. The molecule has 0 aliphatic carbocycles. The molecule has 2 aromatic rings. The molecule has 0 fully saturated rings. The fraction of sp³-hybridized carbons (Fsp3) is 0.333. The summed E-state index contributed by atoms with van der Waals surface area (Å²) in [6.45, 7) is 9.46. The van der Waals surface area contributed by atoms with Crippen molar-refractivity contribution in [2.75, 3.05) is 0 Å². The summed E-state index contributed by atoms with van der Waals surface area (Å²) in [5.41, 5.74) is 3.89. The maximum atomic E-state index is 6.18. The first-order chi connectivity index (χ1) is 9.95. The van der Waals surface area contributed by atoms with Crippen LogP contribution in [0.3, 0.4) is 0 Å². The minimum absolute atomic E-state index is 0.472. The van der Waals surface area contributed by atoms with E-state index in [1.54, 1.807) is 11.8 Å². The van der Waals surface area contributed by atoms with Crippen molar-refractivity contribution in [1.29, 1.82) is 0 Å². The zero-order chi connectivity index (χ0) is 15.4. The van der Waals surface area contributed by atoms with Gasteiger partial charge in [0.15, 0.2) is 0 Å². The molecule has 2 aromatic carbocycles. The van der Waals surface area contributed by atoms with E-state index < -0.39 is 0 Å². The Labute approximate surface area is 137 Å². The van der Waals surface area contributed by atoms with Gasteiger partial charge in [-0.1, -0.05) is 61.0 Å². The predicted octanol–water partition coefficient (Wildman–Crippen LogP) is 5.61. The molecule has 0 amide bonds. The third-order valence-electron chi connectivity index (χ3n) is 3.28. The molecule has 112 valence electrons. The predicted molar refractivity (Wildman–Crippen MR) is 93.5 cm³/mol. The van der Waals surface area contributed by atoms with E-state index in [0.29, 0.717) is 6.04 Å². The van der Waals surface area contributed by atoms with Crippen LogP contribution in [0.5, 0.6) is 0 Å². The van der Waals surface area contributed by atoms with E-state index in [-0.39, 0.29) is 0 Å². The van der Waals surface area contributed by atoms with Crippen molar-refractivity contribution < 1.29 is 0 Å². The second-order valence-electron chi connectivity index (χ2n) is 5.66. The lowest BCUT2D eigenvalue weighted by Crippen LogP contribution is -2.22. The van der Waals surface area contributed by atoms with Gasteiger partial charge in [0, 0.05) is 27.4 Å². The lowest BCUT2D eigenvalue weighted by atomic mass is 10.2. The Kier molecular flexibility index (Phi) is 5.74. The van der Waals surface area contributed by atoms with Crippen molar-refractivity contribution in [3.8, 4) is 0 Å². The third kappa shape index (κ3) is 4.77. The summed E-state index contributed by atoms with van der Waals surface area (Å²) < 4.78 is 0. The van der Waals surface area contributed by atoms with Crippen molar-refractivity contribution in [3.63, 3.8) is 0 Å². The molecule has 1 N–H and O–H groups in total. The van der Waals surface area contributed by atoms with Crippen LogP contribution in [0.25, 0.3) is 0 Å². The minimum atomic E-state index is 0.472. The maximum Gasteiger partial charge on any atom is 0.0417 e. The molecule has 21 heavy (non-hydrogen) atoms. The van der Waals surface area contributed by atoms with Gasteiger partial charge in [0.05, 0.1) is 0 Å². The Morgan fingerprint density at radius 3 is 2.48 bits per heavy atom. The van der Waals surface area contributed by atoms with Gasteiger partial charge in [0.2, 0.25) is 0 Å². The Balaban J connectivity index is 2.27. The summed E-state index contributed by atoms with van der Waals surface area (Å²) in [6.07, 6.45) is 0. The number of rotatable bonds is 5. The van der Waals surface area contributed by atoms with Crippen LogP contribution in [0, 0.1) is 13.8 Å². The first-order valence-corrected chi connectivity index (χ1v) is 8.42. The quantitative estimate of drug-likeness (QED) is 0.769. The fourth-order valence-corrected chi connectivity index (χ4v) is 3.40. The number of benzene rings is 2. The summed E-state index contributed by atoms with van der Waals surface area (Å²) in [6, 6.07) is 13.2. The van der Waals surface area contributed by atoms with Gasteiger partial charge in [-0.3, -0.25) is 0 Å². The highest BCUT2D eigenvalue weighted by molar-refractivity contribution is 7.99. The number of nitrogens with one attached hydrogen (secondary N) is 1. The van der Waals surface area contributed by atoms with E-state index in [0.717, 1.165) is 11.6 Å². The van der Waals surface area contributed by atoms with E-state index in [9.17, 15) is 0 Å². The van der Waals surface area contributed by atoms with Gasteiger partial charge in [0.25, 0.3) is 0 Å². The molecule has 0 aliphatic heterocycles. The minimum Gasteiger partial charge on any atom is -0.310 e. The summed E-state index contributed by atoms with van der Waals surface area (Å²) in [5, 5.41) is 4.26. The van der Waals surface area contributed by atoms with Gasteiger partial charge in [-0.05, 0) is 43.2 Å². The second-order valence-corrected chi connectivity index (χ2v) is 7.18. The van der Waals surface area contributed by atoms with Gasteiger partial charge >= 0.3 is 0 Å². The molecule has 2 rings (SSSR count). The Morgan fingerprint density at radius 1 is 1.05 bits per heavy atom. The first-order valence-electron chi connectivity index (χ1n) is 7.22. The zero-order valence-electron chi connectivity index (χ0n) is 13.0. The highest BCUT2D eigenvalue weighted by Crippen LogP contribution is 2.34. The molecule has 0 bridgehead atoms. The monoisotopic (exact) mass is 319 g/mol. The SMILES string of the molecule is Cc1ccc(Sc2cc(Cl)ccc2CNC(C)C)c(C)c1. The average Bonchev–Trinajstić information content (AvgIpc) is 2.41. The van der Waals surface area contributed by atoms with Crippen LogP contribution in [-0.4, -0.2) is 6.04 Å². The molecular weight excluding hydrogens is 298 g/mol. The van der Waals surface area contributed by atoms with E-state index >= 15 is 0 Å². The highest BCUT2D eigenvalue weighted by Gasteiger charge is 2.08. The fourth-order valence-electron chi connectivity index (χ4n) is 2.12. The summed E-state index contributed by atoms with van der Waals surface area (Å²) in [7, 11) is 0. The van der Waals surface area contributed by atoms with Crippen molar-refractivity contribution >= 4 is 23.4 Å². The molecule has 0 aliphatic rings. The smallest absolute Gasteiger partial charge is 0.0417 e. The lowest BCUT2D eigenvalue weighted by Gasteiger charge is -2.14. The van der Waals surface area contributed by atoms with Gasteiger partial charge in [-0.2, -0.15) is 0 Å². The first kappa shape index (κ1) is 16.4. The van der Waals surface area contributed by atoms with E-state index in [1.165, 1.54) is 26.5 Å². The van der Waals surface area contributed by atoms with Gasteiger partial charge < -0.3 is 5.32 Å². The molecule has 0 unspecified atom stereocenters. The number of halogens is 1. The molecule has 0 atom stereocenters. The lowest BCUT2D eigenvalue weighted by molar-refractivity contribution is 0.585. The molecule has 0 radical (unpaired) electrons. The van der Waals surface area contributed by atoms with Crippen molar-refractivity contribution in [1.82, 2.24) is 5.32 Å². The van der Waals surface area contributed by atoms with Crippen molar-refractivity contribution in [2.45, 2.75) is 50.1 Å². The van der Waals surface area contributed by atoms with Crippen LogP contribution in [0.15, 0.2) is 46.2 Å².